The number of hydrogen-bond donors (Lipinski definition) is 0. The van der Waals surface area contributed by atoms with Crippen molar-refractivity contribution in [2.75, 3.05) is 0 Å². The Morgan fingerprint density at radius 1 is 1.18 bits per heavy atom. The van der Waals surface area contributed by atoms with Crippen molar-refractivity contribution in [3.63, 3.8) is 0 Å². The molecule has 0 bridgehead atoms. The molecule has 0 amide bonds. The summed E-state index contributed by atoms with van der Waals surface area (Å²) in [7, 11) is 0. The van der Waals surface area contributed by atoms with Crippen LogP contribution in [0.2, 0.25) is 10.0 Å². The molecule has 0 spiro atoms. The smallest absolute Gasteiger partial charge is 0.403 e. The van der Waals surface area contributed by atoms with Gasteiger partial charge in [0.1, 0.15) is 22.7 Å². The first-order valence-corrected chi connectivity index (χ1v) is 4.63. The Bertz CT molecular complexity index is 543. The summed E-state index contributed by atoms with van der Waals surface area (Å²) < 4.78 is 39.9. The summed E-state index contributed by atoms with van der Waals surface area (Å²) in [5.41, 5.74) is -0.958. The Hall–Kier alpha value is -1.63. The number of benzene rings is 1. The monoisotopic (exact) mass is 280 g/mol. The molecule has 0 saturated heterocycles. The standard InChI is InChI=1S/C9HCl2F3N2O/c10-6-1-4(2-15)5(3-16)8(7(6)11)17-9(12,13)14/h1H. The zero-order chi connectivity index (χ0) is 13.2. The van der Waals surface area contributed by atoms with Gasteiger partial charge in [0.05, 0.1) is 10.6 Å². The predicted octanol–water partition coefficient (Wildman–Crippen LogP) is 3.64. The van der Waals surface area contributed by atoms with Crippen molar-refractivity contribution in [3.8, 4) is 17.9 Å². The van der Waals surface area contributed by atoms with E-state index < -0.39 is 22.7 Å². The second-order valence-electron chi connectivity index (χ2n) is 2.70. The Kier molecular flexibility index (Phi) is 3.72. The maximum Gasteiger partial charge on any atom is 0.573 e. The van der Waals surface area contributed by atoms with Gasteiger partial charge in [-0.1, -0.05) is 23.2 Å². The maximum absolute atomic E-state index is 12.1. The molecule has 1 aromatic rings. The molecule has 0 aromatic heterocycles. The molecule has 0 aliphatic rings. The van der Waals surface area contributed by atoms with E-state index in [2.05, 4.69) is 4.74 Å². The van der Waals surface area contributed by atoms with E-state index in [0.717, 1.165) is 6.07 Å². The van der Waals surface area contributed by atoms with Crippen molar-refractivity contribution < 1.29 is 17.9 Å². The van der Waals surface area contributed by atoms with Crippen molar-refractivity contribution in [1.82, 2.24) is 0 Å². The third kappa shape index (κ3) is 2.94. The summed E-state index contributed by atoms with van der Waals surface area (Å²) in [5, 5.41) is 16.5. The Morgan fingerprint density at radius 3 is 2.18 bits per heavy atom. The molecule has 0 saturated carbocycles. The molecule has 0 aliphatic carbocycles. The summed E-state index contributed by atoms with van der Waals surface area (Å²) in [6, 6.07) is 3.93. The molecule has 3 nitrogen and oxygen atoms in total. The van der Waals surface area contributed by atoms with E-state index in [4.69, 9.17) is 33.7 Å². The lowest BCUT2D eigenvalue weighted by Gasteiger charge is -2.13. The number of nitriles is 2. The second kappa shape index (κ2) is 4.70. The van der Waals surface area contributed by atoms with Crippen LogP contribution < -0.4 is 4.74 Å². The quantitative estimate of drug-likeness (QED) is 0.789. The van der Waals surface area contributed by atoms with Gasteiger partial charge in [-0.25, -0.2) is 0 Å². The van der Waals surface area contributed by atoms with Crippen molar-refractivity contribution in [2.24, 2.45) is 0 Å². The van der Waals surface area contributed by atoms with E-state index in [-0.39, 0.29) is 10.6 Å². The fourth-order valence-electron chi connectivity index (χ4n) is 1.01. The highest BCUT2D eigenvalue weighted by Crippen LogP contribution is 2.39. The van der Waals surface area contributed by atoms with Crippen LogP contribution in [0.25, 0.3) is 0 Å². The SMILES string of the molecule is N#Cc1cc(Cl)c(Cl)c(OC(F)(F)F)c1C#N. The van der Waals surface area contributed by atoms with Gasteiger partial charge in [-0.3, -0.25) is 0 Å². The Balaban J connectivity index is 3.52. The summed E-state index contributed by atoms with van der Waals surface area (Å²) >= 11 is 11.0. The first-order chi connectivity index (χ1) is 7.80. The van der Waals surface area contributed by atoms with Crippen molar-refractivity contribution in [3.05, 3.63) is 27.2 Å². The minimum absolute atomic E-state index is 0.304. The van der Waals surface area contributed by atoms with Crippen LogP contribution in [0.4, 0.5) is 13.2 Å². The average molecular weight is 281 g/mol. The molecular weight excluding hydrogens is 280 g/mol. The average Bonchev–Trinajstić information content (AvgIpc) is 2.22. The highest BCUT2D eigenvalue weighted by molar-refractivity contribution is 6.43. The van der Waals surface area contributed by atoms with Crippen LogP contribution in [0.3, 0.4) is 0 Å². The van der Waals surface area contributed by atoms with Crippen LogP contribution in [0.5, 0.6) is 5.75 Å². The molecule has 0 atom stereocenters. The van der Waals surface area contributed by atoms with E-state index in [1.54, 1.807) is 0 Å². The molecule has 0 radical (unpaired) electrons. The van der Waals surface area contributed by atoms with Gasteiger partial charge in [-0.15, -0.1) is 13.2 Å². The number of hydrogen-bond acceptors (Lipinski definition) is 3. The van der Waals surface area contributed by atoms with Crippen molar-refractivity contribution >= 4 is 23.2 Å². The van der Waals surface area contributed by atoms with E-state index in [1.165, 1.54) is 12.1 Å². The van der Waals surface area contributed by atoms with Gasteiger partial charge in [0.25, 0.3) is 0 Å². The van der Waals surface area contributed by atoms with Crippen molar-refractivity contribution in [2.45, 2.75) is 6.36 Å². The van der Waals surface area contributed by atoms with Gasteiger partial charge in [0.15, 0.2) is 5.75 Å². The minimum Gasteiger partial charge on any atom is -0.403 e. The molecule has 0 fully saturated rings. The molecule has 0 heterocycles. The molecule has 0 unspecified atom stereocenters. The Morgan fingerprint density at radius 2 is 1.76 bits per heavy atom. The second-order valence-corrected chi connectivity index (χ2v) is 3.48. The van der Waals surface area contributed by atoms with Gasteiger partial charge in [-0.2, -0.15) is 10.5 Å². The molecule has 8 heteroatoms. The normalized spacial score (nSPS) is 10.5. The minimum atomic E-state index is -5.04. The largest absolute Gasteiger partial charge is 0.573 e. The van der Waals surface area contributed by atoms with Crippen LogP contribution in [-0.2, 0) is 0 Å². The molecule has 0 aliphatic heterocycles. The highest BCUT2D eigenvalue weighted by Gasteiger charge is 2.34. The molecule has 1 aromatic carbocycles. The molecule has 88 valence electrons. The van der Waals surface area contributed by atoms with E-state index in [1.807, 2.05) is 0 Å². The van der Waals surface area contributed by atoms with Crippen LogP contribution >= 0.6 is 23.2 Å². The first-order valence-electron chi connectivity index (χ1n) is 3.88. The van der Waals surface area contributed by atoms with Crippen molar-refractivity contribution in [1.29, 1.82) is 10.5 Å². The summed E-state index contributed by atoms with van der Waals surface area (Å²) in [6.07, 6.45) is -5.04. The molecular formula is C9HCl2F3N2O. The lowest BCUT2D eigenvalue weighted by Crippen LogP contribution is -2.18. The zero-order valence-electron chi connectivity index (χ0n) is 7.77. The van der Waals surface area contributed by atoms with Gasteiger partial charge >= 0.3 is 6.36 Å². The third-order valence-corrected chi connectivity index (χ3v) is 2.40. The first kappa shape index (κ1) is 13.4. The number of nitrogens with zero attached hydrogens (tertiary/aromatic N) is 2. The van der Waals surface area contributed by atoms with Gasteiger partial charge in [0, 0.05) is 0 Å². The van der Waals surface area contributed by atoms with E-state index >= 15 is 0 Å². The summed E-state index contributed by atoms with van der Waals surface area (Å²) in [5.74, 6) is -0.967. The number of halogens is 5. The maximum atomic E-state index is 12.1. The van der Waals surface area contributed by atoms with Crippen LogP contribution in [0, 0.1) is 22.7 Å². The van der Waals surface area contributed by atoms with Gasteiger partial charge < -0.3 is 4.74 Å². The highest BCUT2D eigenvalue weighted by atomic mass is 35.5. The molecule has 1 rings (SSSR count). The molecule has 0 N–H and O–H groups in total. The third-order valence-electron chi connectivity index (χ3n) is 1.63. The summed E-state index contributed by atoms with van der Waals surface area (Å²) in [4.78, 5) is 0. The van der Waals surface area contributed by atoms with E-state index in [9.17, 15) is 13.2 Å². The number of alkyl halides is 3. The van der Waals surface area contributed by atoms with E-state index in [0.29, 0.717) is 0 Å². The number of ether oxygens (including phenoxy) is 1. The summed E-state index contributed by atoms with van der Waals surface area (Å²) in [6.45, 7) is 0. The Labute approximate surface area is 104 Å². The fourth-order valence-corrected chi connectivity index (χ4v) is 1.40. The number of rotatable bonds is 1. The lowest BCUT2D eigenvalue weighted by atomic mass is 10.1. The molecule has 17 heavy (non-hydrogen) atoms. The van der Waals surface area contributed by atoms with Crippen LogP contribution in [0.15, 0.2) is 6.07 Å². The zero-order valence-corrected chi connectivity index (χ0v) is 9.28. The van der Waals surface area contributed by atoms with Gasteiger partial charge in [0.2, 0.25) is 0 Å². The topological polar surface area (TPSA) is 56.8 Å². The van der Waals surface area contributed by atoms with Crippen LogP contribution in [-0.4, -0.2) is 6.36 Å². The van der Waals surface area contributed by atoms with Crippen LogP contribution in [0.1, 0.15) is 11.1 Å². The van der Waals surface area contributed by atoms with Gasteiger partial charge in [-0.05, 0) is 6.07 Å². The fraction of sp³-hybridized carbons (Fsp3) is 0.111. The predicted molar refractivity (Wildman–Crippen MR) is 52.6 cm³/mol. The lowest BCUT2D eigenvalue weighted by molar-refractivity contribution is -0.274.